The maximum atomic E-state index is 11.4. The molecule has 1 N–H and O–H groups in total. The van der Waals surface area contributed by atoms with Gasteiger partial charge in [0.05, 0.1) is 10.1 Å². The topological polar surface area (TPSA) is 77.4 Å². The number of rotatable bonds is 20. The van der Waals surface area contributed by atoms with Crippen LogP contribution < -0.4 is 51.4 Å². The average molecular weight is 431 g/mol. The van der Waals surface area contributed by atoms with Gasteiger partial charge in [-0.05, 0) is 19.3 Å². The van der Waals surface area contributed by atoms with Gasteiger partial charge in [-0.1, -0.05) is 103 Å². The number of unbranched alkanes of at least 4 members (excludes halogenated alkanes) is 14. The van der Waals surface area contributed by atoms with Crippen LogP contribution in [0.3, 0.4) is 0 Å². The van der Waals surface area contributed by atoms with Crippen LogP contribution >= 0.6 is 0 Å². The normalized spacial score (nSPS) is 12.7. The summed E-state index contributed by atoms with van der Waals surface area (Å²) < 4.78 is 34.3. The molecule has 0 rings (SSSR count). The Balaban J connectivity index is 0. The minimum Gasteiger partial charge on any atom is -0.748 e. The van der Waals surface area contributed by atoms with E-state index in [1.807, 2.05) is 0 Å². The van der Waals surface area contributed by atoms with Gasteiger partial charge in [-0.25, -0.2) is 8.42 Å². The van der Waals surface area contributed by atoms with Crippen molar-refractivity contribution in [1.29, 1.82) is 0 Å². The van der Waals surface area contributed by atoms with Crippen LogP contribution in [0.1, 0.15) is 122 Å². The summed E-state index contributed by atoms with van der Waals surface area (Å²) in [5.74, 6) is 0. The molecule has 0 radical (unpaired) electrons. The predicted octanol–water partition coefficient (Wildman–Crippen LogP) is 2.94. The fourth-order valence-electron chi connectivity index (χ4n) is 3.48. The molecule has 4 nitrogen and oxygen atoms in total. The molecular weight excluding hydrogens is 387 g/mol. The molecule has 1 unspecified atom stereocenters. The van der Waals surface area contributed by atoms with E-state index < -0.39 is 15.4 Å². The molecule has 0 aliphatic heterocycles. The van der Waals surface area contributed by atoms with E-state index in [1.165, 1.54) is 44.9 Å². The molecule has 27 heavy (non-hydrogen) atoms. The molecule has 0 fully saturated rings. The van der Waals surface area contributed by atoms with Crippen molar-refractivity contribution >= 4 is 10.1 Å². The molecule has 0 heterocycles. The van der Waals surface area contributed by atoms with Crippen molar-refractivity contribution in [3.63, 3.8) is 0 Å². The summed E-state index contributed by atoms with van der Waals surface area (Å²) in [7, 11) is -4.16. The Labute approximate surface area is 211 Å². The summed E-state index contributed by atoms with van der Waals surface area (Å²) in [6, 6.07) is 0. The Morgan fingerprint density at radius 1 is 0.667 bits per heavy atom. The maximum absolute atomic E-state index is 11.4. The van der Waals surface area contributed by atoms with Crippen LogP contribution in [0.25, 0.3) is 0 Å². The molecule has 158 valence electrons. The van der Waals surface area contributed by atoms with E-state index >= 15 is 0 Å². The summed E-state index contributed by atoms with van der Waals surface area (Å²) in [5.41, 5.74) is 0. The van der Waals surface area contributed by atoms with Gasteiger partial charge >= 0.3 is 51.4 Å². The van der Waals surface area contributed by atoms with Crippen molar-refractivity contribution in [1.82, 2.24) is 0 Å². The SMILES string of the molecule is CCCCCCCCCCCCC(CCCCCCCCO)S(=O)(=O)[O-].[K+]. The summed E-state index contributed by atoms with van der Waals surface area (Å²) in [6.07, 6.45) is 19.1. The van der Waals surface area contributed by atoms with Crippen molar-refractivity contribution in [2.24, 2.45) is 0 Å². The standard InChI is InChI=1S/C21H44O4S.K/c1-2-3-4-5-6-7-8-9-12-15-18-21(26(23,24)25)19-16-13-10-11-14-17-20-22;/h21-22H,2-20H2,1H3,(H,23,24,25);/q;+1/p-1. The summed E-state index contributed by atoms with van der Waals surface area (Å²) in [6.45, 7) is 2.48. The van der Waals surface area contributed by atoms with Crippen molar-refractivity contribution in [2.45, 2.75) is 128 Å². The number of hydrogen-bond donors (Lipinski definition) is 1. The Hall–Kier alpha value is 1.51. The molecule has 0 amide bonds. The molecule has 1 atom stereocenters. The average Bonchev–Trinajstić information content (AvgIpc) is 2.59. The first-order valence-corrected chi connectivity index (χ1v) is 12.5. The molecule has 6 heteroatoms. The molecule has 0 aromatic rings. The van der Waals surface area contributed by atoms with Crippen LogP contribution in [0.4, 0.5) is 0 Å². The molecule has 0 saturated heterocycles. The van der Waals surface area contributed by atoms with Gasteiger partial charge in [-0.15, -0.1) is 0 Å². The fourth-order valence-corrected chi connectivity index (χ4v) is 4.39. The summed E-state index contributed by atoms with van der Waals surface area (Å²) >= 11 is 0. The molecule has 0 aromatic carbocycles. The van der Waals surface area contributed by atoms with Crippen LogP contribution in [0.2, 0.25) is 0 Å². The van der Waals surface area contributed by atoms with Gasteiger partial charge in [-0.2, -0.15) is 0 Å². The van der Waals surface area contributed by atoms with Crippen LogP contribution in [-0.2, 0) is 10.1 Å². The third-order valence-corrected chi connectivity index (χ3v) is 6.51. The van der Waals surface area contributed by atoms with Gasteiger partial charge in [0.1, 0.15) is 0 Å². The second-order valence-corrected chi connectivity index (χ2v) is 9.37. The van der Waals surface area contributed by atoms with E-state index in [9.17, 15) is 13.0 Å². The fraction of sp³-hybridized carbons (Fsp3) is 1.00. The molecule has 0 aromatic heterocycles. The van der Waals surface area contributed by atoms with Crippen molar-refractivity contribution < 1.29 is 69.5 Å². The summed E-state index contributed by atoms with van der Waals surface area (Å²) in [5, 5.41) is 8.04. The Kier molecular flexibility index (Phi) is 25.2. The number of aliphatic hydroxyl groups excluding tert-OH is 1. The molecular formula is C21H43KO4S. The Morgan fingerprint density at radius 2 is 1.00 bits per heavy atom. The van der Waals surface area contributed by atoms with Gasteiger partial charge in [-0.3, -0.25) is 0 Å². The Morgan fingerprint density at radius 3 is 1.33 bits per heavy atom. The third kappa shape index (κ3) is 22.0. The zero-order chi connectivity index (χ0) is 19.5. The van der Waals surface area contributed by atoms with Gasteiger partial charge in [0.15, 0.2) is 0 Å². The van der Waals surface area contributed by atoms with E-state index in [1.54, 1.807) is 0 Å². The van der Waals surface area contributed by atoms with Crippen LogP contribution in [0, 0.1) is 0 Å². The smallest absolute Gasteiger partial charge is 0.748 e. The first-order chi connectivity index (χ1) is 12.5. The monoisotopic (exact) mass is 430 g/mol. The van der Waals surface area contributed by atoms with Gasteiger partial charge in [0, 0.05) is 11.9 Å². The largest absolute Gasteiger partial charge is 1.00 e. The molecule has 0 bridgehead atoms. The van der Waals surface area contributed by atoms with E-state index in [4.69, 9.17) is 5.11 Å². The maximum Gasteiger partial charge on any atom is 1.00 e. The van der Waals surface area contributed by atoms with Crippen LogP contribution in [0.15, 0.2) is 0 Å². The van der Waals surface area contributed by atoms with Gasteiger partial charge < -0.3 is 9.66 Å². The number of hydrogen-bond acceptors (Lipinski definition) is 4. The molecule has 0 aliphatic rings. The van der Waals surface area contributed by atoms with E-state index in [2.05, 4.69) is 6.92 Å². The first-order valence-electron chi connectivity index (χ1n) is 11.1. The van der Waals surface area contributed by atoms with Gasteiger partial charge in [0.2, 0.25) is 0 Å². The van der Waals surface area contributed by atoms with Gasteiger partial charge in [0.25, 0.3) is 0 Å². The van der Waals surface area contributed by atoms with Crippen LogP contribution in [-0.4, -0.2) is 29.9 Å². The number of aliphatic hydroxyl groups is 1. The second-order valence-electron chi connectivity index (χ2n) is 7.72. The molecule has 0 spiro atoms. The third-order valence-electron chi connectivity index (χ3n) is 5.22. The van der Waals surface area contributed by atoms with E-state index in [0.29, 0.717) is 12.8 Å². The Bertz CT molecular complexity index is 388. The predicted molar refractivity (Wildman–Crippen MR) is 109 cm³/mol. The first kappa shape index (κ1) is 30.7. The zero-order valence-electron chi connectivity index (χ0n) is 18.1. The van der Waals surface area contributed by atoms with Crippen molar-refractivity contribution in [3.05, 3.63) is 0 Å². The minimum absolute atomic E-state index is 0. The zero-order valence-corrected chi connectivity index (χ0v) is 22.0. The minimum atomic E-state index is -4.16. The van der Waals surface area contributed by atoms with E-state index in [-0.39, 0.29) is 58.0 Å². The second kappa shape index (κ2) is 22.2. The quantitative estimate of drug-likeness (QED) is 0.183. The van der Waals surface area contributed by atoms with E-state index in [0.717, 1.165) is 57.8 Å². The molecule has 0 aliphatic carbocycles. The van der Waals surface area contributed by atoms with Crippen molar-refractivity contribution in [3.8, 4) is 0 Å². The van der Waals surface area contributed by atoms with Crippen molar-refractivity contribution in [2.75, 3.05) is 6.61 Å². The van der Waals surface area contributed by atoms with Crippen LogP contribution in [0.5, 0.6) is 0 Å². The summed E-state index contributed by atoms with van der Waals surface area (Å²) in [4.78, 5) is 0. The molecule has 0 saturated carbocycles.